The molecule has 1 fully saturated rings. The molecule has 1 aliphatic rings. The van der Waals surface area contributed by atoms with Gasteiger partial charge in [-0.25, -0.2) is 9.78 Å². The number of para-hydroxylation sites is 1. The van der Waals surface area contributed by atoms with Crippen molar-refractivity contribution >= 4 is 17.1 Å². The molecule has 3 aromatic rings. The predicted octanol–water partition coefficient (Wildman–Crippen LogP) is 3.52. The van der Waals surface area contributed by atoms with Gasteiger partial charge in [0.25, 0.3) is 0 Å². The Morgan fingerprint density at radius 1 is 1.30 bits per heavy atom. The van der Waals surface area contributed by atoms with Gasteiger partial charge in [0, 0.05) is 13.0 Å². The number of urea groups is 1. The molecule has 2 heterocycles. The third-order valence-corrected chi connectivity index (χ3v) is 4.97. The molecule has 4 rings (SSSR count). The van der Waals surface area contributed by atoms with E-state index >= 15 is 0 Å². The predicted molar refractivity (Wildman–Crippen MR) is 98.0 cm³/mol. The zero-order chi connectivity index (χ0) is 18.8. The molecular weight excluding hydrogens is 346 g/mol. The molecule has 27 heavy (non-hydrogen) atoms. The second kappa shape index (κ2) is 7.38. The van der Waals surface area contributed by atoms with E-state index in [4.69, 9.17) is 8.94 Å². The lowest BCUT2D eigenvalue weighted by molar-refractivity contribution is 0.203. The molecule has 1 aliphatic carbocycles. The van der Waals surface area contributed by atoms with E-state index in [1.54, 1.807) is 7.05 Å². The second-order valence-corrected chi connectivity index (χ2v) is 7.07. The number of aryl methyl sites for hydroxylation is 1. The van der Waals surface area contributed by atoms with Crippen molar-refractivity contribution in [2.45, 2.75) is 51.6 Å². The number of benzene rings is 1. The Hall–Kier alpha value is -2.90. The van der Waals surface area contributed by atoms with Crippen molar-refractivity contribution in [3.63, 3.8) is 0 Å². The topological polar surface area (TPSA) is 97.3 Å². The van der Waals surface area contributed by atoms with Crippen LogP contribution in [0.1, 0.15) is 54.8 Å². The summed E-state index contributed by atoms with van der Waals surface area (Å²) in [5.41, 5.74) is 2.58. The maximum Gasteiger partial charge on any atom is 0.317 e. The molecule has 0 spiro atoms. The van der Waals surface area contributed by atoms with Crippen molar-refractivity contribution in [1.29, 1.82) is 0 Å². The first-order chi connectivity index (χ1) is 13.1. The van der Waals surface area contributed by atoms with Crippen LogP contribution in [0.25, 0.3) is 11.1 Å². The number of carbonyl (C=O) groups is 1. The van der Waals surface area contributed by atoms with E-state index in [-0.39, 0.29) is 19.1 Å². The van der Waals surface area contributed by atoms with Crippen LogP contribution in [0.15, 0.2) is 27.1 Å². The van der Waals surface area contributed by atoms with Crippen LogP contribution in [0.2, 0.25) is 0 Å². The Morgan fingerprint density at radius 2 is 2.11 bits per heavy atom. The normalized spacial score (nSPS) is 14.7. The molecule has 0 aliphatic heterocycles. The highest BCUT2D eigenvalue weighted by Crippen LogP contribution is 2.32. The van der Waals surface area contributed by atoms with Crippen molar-refractivity contribution in [3.05, 3.63) is 41.4 Å². The summed E-state index contributed by atoms with van der Waals surface area (Å²) in [6, 6.07) is 5.52. The highest BCUT2D eigenvalue weighted by atomic mass is 16.5. The molecule has 1 saturated carbocycles. The van der Waals surface area contributed by atoms with E-state index in [2.05, 4.69) is 20.4 Å². The Kier molecular flexibility index (Phi) is 4.79. The van der Waals surface area contributed by atoms with Gasteiger partial charge in [-0.2, -0.15) is 4.98 Å². The third-order valence-electron chi connectivity index (χ3n) is 4.97. The molecule has 0 bridgehead atoms. The number of nitrogens with one attached hydrogen (secondary N) is 1. The van der Waals surface area contributed by atoms with Crippen LogP contribution in [0.4, 0.5) is 4.79 Å². The molecule has 2 aromatic heterocycles. The lowest BCUT2D eigenvalue weighted by Crippen LogP contribution is -2.36. The Morgan fingerprint density at radius 3 is 2.89 bits per heavy atom. The zero-order valence-electron chi connectivity index (χ0n) is 15.6. The van der Waals surface area contributed by atoms with Crippen molar-refractivity contribution in [2.24, 2.45) is 0 Å². The average Bonchev–Trinajstić information content (AvgIpc) is 3.39. The highest BCUT2D eigenvalue weighted by Gasteiger charge is 2.23. The molecule has 8 nitrogen and oxygen atoms in total. The molecule has 1 aromatic carbocycles. The van der Waals surface area contributed by atoms with Gasteiger partial charge < -0.3 is 19.2 Å². The van der Waals surface area contributed by atoms with Crippen molar-refractivity contribution in [2.75, 3.05) is 7.05 Å². The lowest BCUT2D eigenvalue weighted by Gasteiger charge is -2.15. The monoisotopic (exact) mass is 369 g/mol. The van der Waals surface area contributed by atoms with Gasteiger partial charge in [0.15, 0.2) is 11.4 Å². The number of carbonyl (C=O) groups excluding carboxylic acids is 1. The number of oxazole rings is 1. The number of fused-ring (bicyclic) bond motifs is 1. The van der Waals surface area contributed by atoms with Gasteiger partial charge in [0.05, 0.1) is 13.1 Å². The van der Waals surface area contributed by atoms with E-state index in [9.17, 15) is 4.79 Å². The fourth-order valence-corrected chi connectivity index (χ4v) is 3.45. The highest BCUT2D eigenvalue weighted by molar-refractivity contribution is 5.76. The minimum Gasteiger partial charge on any atom is -0.439 e. The van der Waals surface area contributed by atoms with Crippen LogP contribution >= 0.6 is 0 Å². The first-order valence-corrected chi connectivity index (χ1v) is 9.26. The van der Waals surface area contributed by atoms with Gasteiger partial charge in [-0.3, -0.25) is 0 Å². The largest absolute Gasteiger partial charge is 0.439 e. The molecule has 0 atom stereocenters. The molecule has 0 radical (unpaired) electrons. The molecule has 2 amide bonds. The summed E-state index contributed by atoms with van der Waals surface area (Å²) < 4.78 is 11.0. The minimum atomic E-state index is -0.249. The minimum absolute atomic E-state index is 0.219. The van der Waals surface area contributed by atoms with E-state index in [0.717, 1.165) is 29.5 Å². The summed E-state index contributed by atoms with van der Waals surface area (Å²) in [6.45, 7) is 2.48. The van der Waals surface area contributed by atoms with Gasteiger partial charge in [0.1, 0.15) is 5.52 Å². The van der Waals surface area contributed by atoms with Gasteiger partial charge in [-0.15, -0.1) is 0 Å². The number of aromatic nitrogens is 3. The summed E-state index contributed by atoms with van der Waals surface area (Å²) >= 11 is 0. The van der Waals surface area contributed by atoms with Gasteiger partial charge in [-0.05, 0) is 31.4 Å². The van der Waals surface area contributed by atoms with Crippen LogP contribution in [-0.4, -0.2) is 33.1 Å². The van der Waals surface area contributed by atoms with Gasteiger partial charge in [-0.1, -0.05) is 30.1 Å². The van der Waals surface area contributed by atoms with E-state index in [0.29, 0.717) is 23.5 Å². The number of hydrogen-bond donors (Lipinski definition) is 1. The lowest BCUT2D eigenvalue weighted by atomic mass is 10.1. The van der Waals surface area contributed by atoms with Gasteiger partial charge >= 0.3 is 6.03 Å². The Labute approximate surface area is 156 Å². The standard InChI is InChI=1S/C19H23N5O3/c1-12-6-5-9-14-17(12)22-16(26-14)10-20-19(25)24(2)11-15-21-18(27-23-15)13-7-3-4-8-13/h5-6,9,13H,3-4,7-8,10-11H2,1-2H3,(H,20,25). The van der Waals surface area contributed by atoms with Crippen molar-refractivity contribution < 1.29 is 13.7 Å². The fraction of sp³-hybridized carbons (Fsp3) is 0.474. The zero-order valence-corrected chi connectivity index (χ0v) is 15.6. The van der Waals surface area contributed by atoms with Crippen LogP contribution in [0, 0.1) is 6.92 Å². The second-order valence-electron chi connectivity index (χ2n) is 7.07. The maximum atomic E-state index is 12.3. The van der Waals surface area contributed by atoms with Crippen molar-refractivity contribution in [3.8, 4) is 0 Å². The van der Waals surface area contributed by atoms with Crippen LogP contribution < -0.4 is 5.32 Å². The molecular formula is C19H23N5O3. The number of amides is 2. The average molecular weight is 369 g/mol. The van der Waals surface area contributed by atoms with Gasteiger partial charge in [0.2, 0.25) is 11.8 Å². The fourth-order valence-electron chi connectivity index (χ4n) is 3.45. The quantitative estimate of drug-likeness (QED) is 0.739. The Bertz CT molecular complexity index is 942. The summed E-state index contributed by atoms with van der Waals surface area (Å²) in [5, 5.41) is 6.81. The first kappa shape index (κ1) is 17.5. The summed E-state index contributed by atoms with van der Waals surface area (Å²) in [4.78, 5) is 22.7. The van der Waals surface area contributed by atoms with E-state index < -0.39 is 0 Å². The first-order valence-electron chi connectivity index (χ1n) is 9.26. The van der Waals surface area contributed by atoms with Crippen LogP contribution in [0.5, 0.6) is 0 Å². The number of nitrogens with zero attached hydrogens (tertiary/aromatic N) is 4. The molecule has 1 N–H and O–H groups in total. The summed E-state index contributed by atoms with van der Waals surface area (Å²) in [6.07, 6.45) is 4.62. The van der Waals surface area contributed by atoms with E-state index in [1.807, 2.05) is 25.1 Å². The smallest absolute Gasteiger partial charge is 0.317 e. The van der Waals surface area contributed by atoms with Crippen LogP contribution in [-0.2, 0) is 13.1 Å². The summed E-state index contributed by atoms with van der Waals surface area (Å²) in [5.74, 6) is 2.06. The number of hydrogen-bond acceptors (Lipinski definition) is 6. The molecule has 8 heteroatoms. The molecule has 0 saturated heterocycles. The molecule has 142 valence electrons. The van der Waals surface area contributed by atoms with Crippen LogP contribution in [0.3, 0.4) is 0 Å². The SMILES string of the molecule is Cc1cccc2oc(CNC(=O)N(C)Cc3noc(C4CCCC4)n3)nc12. The van der Waals surface area contributed by atoms with E-state index in [1.165, 1.54) is 17.7 Å². The third kappa shape index (κ3) is 3.79. The van der Waals surface area contributed by atoms with Crippen molar-refractivity contribution in [1.82, 2.24) is 25.3 Å². The summed E-state index contributed by atoms with van der Waals surface area (Å²) in [7, 11) is 1.69. The number of rotatable bonds is 5. The Balaban J connectivity index is 1.32. The molecule has 0 unspecified atom stereocenters. The maximum absolute atomic E-state index is 12.3.